The molecule has 1 N–H and O–H groups in total. The Kier molecular flexibility index (Phi) is 7.06. The second-order valence-corrected chi connectivity index (χ2v) is 9.44. The van der Waals surface area contributed by atoms with Crippen LogP contribution in [0.2, 0.25) is 0 Å². The molecule has 0 radical (unpaired) electrons. The van der Waals surface area contributed by atoms with Crippen LogP contribution in [0.15, 0.2) is 18.2 Å². The van der Waals surface area contributed by atoms with Crippen molar-refractivity contribution >= 4 is 17.3 Å². The molecule has 0 bridgehead atoms. The van der Waals surface area contributed by atoms with Crippen LogP contribution < -0.4 is 10.2 Å². The summed E-state index contributed by atoms with van der Waals surface area (Å²) in [4.78, 5) is 17.6. The number of benzene rings is 1. The second-order valence-electron chi connectivity index (χ2n) is 9.44. The van der Waals surface area contributed by atoms with Gasteiger partial charge in [0.1, 0.15) is 5.60 Å². The highest BCUT2D eigenvalue weighted by Gasteiger charge is 2.25. The van der Waals surface area contributed by atoms with Crippen LogP contribution in [-0.2, 0) is 9.47 Å². The maximum absolute atomic E-state index is 12.8. The first-order chi connectivity index (χ1) is 13.7. The van der Waals surface area contributed by atoms with Crippen LogP contribution in [0.1, 0.15) is 56.8 Å². The summed E-state index contributed by atoms with van der Waals surface area (Å²) in [6.07, 6.45) is 4.21. The lowest BCUT2D eigenvalue weighted by atomic mass is 10.0. The molecule has 2 aliphatic heterocycles. The number of piperidine rings is 1. The zero-order valence-corrected chi connectivity index (χ0v) is 18.7. The molecule has 0 aromatic heterocycles. The van der Waals surface area contributed by atoms with Crippen LogP contribution in [0.4, 0.5) is 11.4 Å². The molecule has 0 atom stereocenters. The summed E-state index contributed by atoms with van der Waals surface area (Å²) in [6.45, 7) is 9.30. The number of ether oxygens (including phenoxy) is 2. The molecule has 6 heteroatoms. The summed E-state index contributed by atoms with van der Waals surface area (Å²) in [5.41, 5.74) is 2.14. The van der Waals surface area contributed by atoms with Gasteiger partial charge in [0.25, 0.3) is 0 Å². The highest BCUT2D eigenvalue weighted by atomic mass is 16.6. The zero-order valence-electron chi connectivity index (χ0n) is 18.7. The van der Waals surface area contributed by atoms with Crippen molar-refractivity contribution in [1.29, 1.82) is 0 Å². The van der Waals surface area contributed by atoms with Gasteiger partial charge in [0, 0.05) is 44.1 Å². The minimum Gasteiger partial charge on any atom is -0.456 e. The summed E-state index contributed by atoms with van der Waals surface area (Å²) in [5, 5.41) is 3.61. The molecule has 2 fully saturated rings. The van der Waals surface area contributed by atoms with E-state index in [-0.39, 0.29) is 5.97 Å². The number of carbonyl (C=O) groups is 1. The zero-order chi connectivity index (χ0) is 21.0. The molecule has 2 heterocycles. The van der Waals surface area contributed by atoms with E-state index in [1.807, 2.05) is 26.8 Å². The first kappa shape index (κ1) is 21.9. The van der Waals surface area contributed by atoms with Gasteiger partial charge in [-0.15, -0.1) is 0 Å². The molecule has 0 amide bonds. The van der Waals surface area contributed by atoms with Crippen molar-refractivity contribution in [2.45, 2.75) is 64.1 Å². The van der Waals surface area contributed by atoms with Crippen molar-refractivity contribution in [2.24, 2.45) is 0 Å². The molecule has 0 spiro atoms. The van der Waals surface area contributed by atoms with Crippen LogP contribution >= 0.6 is 0 Å². The van der Waals surface area contributed by atoms with Gasteiger partial charge in [-0.2, -0.15) is 0 Å². The van der Waals surface area contributed by atoms with Crippen molar-refractivity contribution < 1.29 is 14.3 Å². The summed E-state index contributed by atoms with van der Waals surface area (Å²) < 4.78 is 11.1. The molecule has 6 nitrogen and oxygen atoms in total. The SMILES string of the molecule is CN(C)C1CCN(c2ccc(C(=O)OC(C)(C)C)c(NC3CCOCC3)c2)CC1. The predicted octanol–water partition coefficient (Wildman–Crippen LogP) is 3.76. The van der Waals surface area contributed by atoms with E-state index in [1.165, 1.54) is 5.69 Å². The highest BCUT2D eigenvalue weighted by molar-refractivity contribution is 5.96. The van der Waals surface area contributed by atoms with Crippen molar-refractivity contribution in [3.05, 3.63) is 23.8 Å². The quantitative estimate of drug-likeness (QED) is 0.756. The predicted molar refractivity (Wildman–Crippen MR) is 118 cm³/mol. The fourth-order valence-corrected chi connectivity index (χ4v) is 4.06. The first-order valence-electron chi connectivity index (χ1n) is 10.9. The Labute approximate surface area is 175 Å². The smallest absolute Gasteiger partial charge is 0.340 e. The van der Waals surface area contributed by atoms with E-state index in [9.17, 15) is 4.79 Å². The molecule has 0 unspecified atom stereocenters. The molecule has 1 aromatic carbocycles. The van der Waals surface area contributed by atoms with Crippen LogP contribution in [0.25, 0.3) is 0 Å². The highest BCUT2D eigenvalue weighted by Crippen LogP contribution is 2.30. The van der Waals surface area contributed by atoms with Crippen molar-refractivity contribution in [3.8, 4) is 0 Å². The third-order valence-electron chi connectivity index (χ3n) is 5.76. The molecular formula is C23H37N3O3. The third kappa shape index (κ3) is 6.09. The Bertz CT molecular complexity index is 685. The Balaban J connectivity index is 1.80. The van der Waals surface area contributed by atoms with Gasteiger partial charge in [-0.25, -0.2) is 4.79 Å². The molecule has 2 saturated heterocycles. The lowest BCUT2D eigenvalue weighted by Gasteiger charge is -2.37. The van der Waals surface area contributed by atoms with Crippen LogP contribution in [0.5, 0.6) is 0 Å². The topological polar surface area (TPSA) is 54.0 Å². The summed E-state index contributed by atoms with van der Waals surface area (Å²) >= 11 is 0. The summed E-state index contributed by atoms with van der Waals surface area (Å²) in [5.74, 6) is -0.273. The molecule has 1 aromatic rings. The maximum atomic E-state index is 12.8. The Morgan fingerprint density at radius 3 is 2.38 bits per heavy atom. The number of nitrogens with one attached hydrogen (secondary N) is 1. The average molecular weight is 404 g/mol. The van der Waals surface area contributed by atoms with Crippen LogP contribution in [0, 0.1) is 0 Å². The summed E-state index contributed by atoms with van der Waals surface area (Å²) in [7, 11) is 4.32. The average Bonchev–Trinajstić information content (AvgIpc) is 2.67. The molecule has 162 valence electrons. The van der Waals surface area contributed by atoms with E-state index in [0.717, 1.165) is 57.7 Å². The molecule has 0 saturated carbocycles. The van der Waals surface area contributed by atoms with Gasteiger partial charge >= 0.3 is 5.97 Å². The normalized spacial score (nSPS) is 19.4. The molecule has 3 rings (SSSR count). The number of esters is 1. The Morgan fingerprint density at radius 2 is 1.79 bits per heavy atom. The van der Waals surface area contributed by atoms with Crippen molar-refractivity contribution in [2.75, 3.05) is 50.6 Å². The van der Waals surface area contributed by atoms with Crippen molar-refractivity contribution in [3.63, 3.8) is 0 Å². The fourth-order valence-electron chi connectivity index (χ4n) is 4.06. The van der Waals surface area contributed by atoms with Crippen LogP contribution in [-0.4, -0.2) is 69.0 Å². The number of nitrogens with zero attached hydrogens (tertiary/aromatic N) is 2. The van der Waals surface area contributed by atoms with Crippen molar-refractivity contribution in [1.82, 2.24) is 4.90 Å². The van der Waals surface area contributed by atoms with Gasteiger partial charge in [0.15, 0.2) is 0 Å². The number of rotatable bonds is 5. The third-order valence-corrected chi connectivity index (χ3v) is 5.76. The molecule has 2 aliphatic rings. The Hall–Kier alpha value is -1.79. The fraction of sp³-hybridized carbons (Fsp3) is 0.696. The van der Waals surface area contributed by atoms with E-state index in [0.29, 0.717) is 17.6 Å². The Morgan fingerprint density at radius 1 is 1.14 bits per heavy atom. The number of hydrogen-bond donors (Lipinski definition) is 1. The second kappa shape index (κ2) is 9.35. The molecular weight excluding hydrogens is 366 g/mol. The minimum atomic E-state index is -0.514. The van der Waals surface area contributed by atoms with E-state index in [4.69, 9.17) is 9.47 Å². The standard InChI is InChI=1S/C23H37N3O3/c1-23(2,3)29-22(27)20-7-6-19(26-12-8-18(9-13-26)25(4)5)16-21(20)24-17-10-14-28-15-11-17/h6-7,16-18,24H,8-15H2,1-5H3. The van der Waals surface area contributed by atoms with E-state index < -0.39 is 5.60 Å². The van der Waals surface area contributed by atoms with Gasteiger partial charge < -0.3 is 24.6 Å². The maximum Gasteiger partial charge on any atom is 0.340 e. The van der Waals surface area contributed by atoms with E-state index in [1.54, 1.807) is 0 Å². The number of hydrogen-bond acceptors (Lipinski definition) is 6. The van der Waals surface area contributed by atoms with E-state index in [2.05, 4.69) is 41.3 Å². The lowest BCUT2D eigenvalue weighted by molar-refractivity contribution is 0.00706. The monoisotopic (exact) mass is 403 g/mol. The number of carbonyl (C=O) groups excluding carboxylic acids is 1. The van der Waals surface area contributed by atoms with Gasteiger partial charge in [-0.3, -0.25) is 0 Å². The first-order valence-corrected chi connectivity index (χ1v) is 10.9. The van der Waals surface area contributed by atoms with Gasteiger partial charge in [0.05, 0.1) is 11.3 Å². The number of anilines is 2. The molecule has 29 heavy (non-hydrogen) atoms. The summed E-state index contributed by atoms with van der Waals surface area (Å²) in [6, 6.07) is 7.07. The minimum absolute atomic E-state index is 0.273. The van der Waals surface area contributed by atoms with Gasteiger partial charge in [-0.1, -0.05) is 0 Å². The van der Waals surface area contributed by atoms with Gasteiger partial charge in [-0.05, 0) is 78.7 Å². The van der Waals surface area contributed by atoms with Crippen LogP contribution in [0.3, 0.4) is 0 Å². The molecule has 0 aliphatic carbocycles. The van der Waals surface area contributed by atoms with E-state index >= 15 is 0 Å². The largest absolute Gasteiger partial charge is 0.456 e. The lowest BCUT2D eigenvalue weighted by Crippen LogP contribution is -2.42. The van der Waals surface area contributed by atoms with Gasteiger partial charge in [0.2, 0.25) is 0 Å².